The number of aryl methyl sites for hydroxylation is 1. The maximum atomic E-state index is 11.8. The molecule has 2 heterocycles. The van der Waals surface area contributed by atoms with Crippen LogP contribution in [0, 0.1) is 0 Å². The molecule has 0 spiro atoms. The highest BCUT2D eigenvalue weighted by Crippen LogP contribution is 2.30. The molecule has 1 fully saturated rings. The summed E-state index contributed by atoms with van der Waals surface area (Å²) in [6, 6.07) is 1.63. The first-order valence-corrected chi connectivity index (χ1v) is 6.45. The third-order valence-electron chi connectivity index (χ3n) is 3.23. The van der Waals surface area contributed by atoms with Crippen LogP contribution in [0.15, 0.2) is 6.07 Å². The SMILES string of the molecule is CCOC(=O)c1cc([C@@H]2OC[C@@H](O)[C@H]2O)[nH]c1CC. The molecule has 6 nitrogen and oxygen atoms in total. The van der Waals surface area contributed by atoms with Crippen molar-refractivity contribution in [3.8, 4) is 0 Å². The molecule has 1 aliphatic rings. The van der Waals surface area contributed by atoms with Crippen molar-refractivity contribution in [3.05, 3.63) is 23.0 Å². The van der Waals surface area contributed by atoms with Gasteiger partial charge in [0.15, 0.2) is 0 Å². The number of aromatic nitrogens is 1. The summed E-state index contributed by atoms with van der Waals surface area (Å²) in [6.45, 7) is 4.06. The van der Waals surface area contributed by atoms with Gasteiger partial charge >= 0.3 is 5.97 Å². The quantitative estimate of drug-likeness (QED) is 0.694. The lowest BCUT2D eigenvalue weighted by molar-refractivity contribution is 0.0207. The van der Waals surface area contributed by atoms with Gasteiger partial charge in [0.05, 0.1) is 18.8 Å². The van der Waals surface area contributed by atoms with Crippen molar-refractivity contribution in [2.45, 2.75) is 38.6 Å². The fraction of sp³-hybridized carbons (Fsp3) is 0.615. The van der Waals surface area contributed by atoms with Crippen LogP contribution in [-0.2, 0) is 15.9 Å². The summed E-state index contributed by atoms with van der Waals surface area (Å²) in [5.41, 5.74) is 1.78. The third kappa shape index (κ3) is 2.65. The minimum Gasteiger partial charge on any atom is -0.462 e. The number of esters is 1. The van der Waals surface area contributed by atoms with Crippen molar-refractivity contribution in [2.75, 3.05) is 13.2 Å². The van der Waals surface area contributed by atoms with Crippen molar-refractivity contribution in [1.29, 1.82) is 0 Å². The molecule has 0 bridgehead atoms. The average molecular weight is 269 g/mol. The first kappa shape index (κ1) is 14.0. The Morgan fingerprint density at radius 1 is 1.53 bits per heavy atom. The van der Waals surface area contributed by atoms with E-state index in [1.165, 1.54) is 0 Å². The molecular weight excluding hydrogens is 250 g/mol. The molecule has 3 N–H and O–H groups in total. The predicted molar refractivity (Wildman–Crippen MR) is 66.8 cm³/mol. The van der Waals surface area contributed by atoms with Gasteiger partial charge in [-0.1, -0.05) is 6.92 Å². The fourth-order valence-electron chi connectivity index (χ4n) is 2.22. The van der Waals surface area contributed by atoms with Crippen LogP contribution >= 0.6 is 0 Å². The largest absolute Gasteiger partial charge is 0.462 e. The Morgan fingerprint density at radius 3 is 2.79 bits per heavy atom. The number of carbonyl (C=O) groups excluding carboxylic acids is 1. The van der Waals surface area contributed by atoms with Gasteiger partial charge < -0.3 is 24.7 Å². The number of aliphatic hydroxyl groups is 2. The van der Waals surface area contributed by atoms with Gasteiger partial charge in [-0.2, -0.15) is 0 Å². The van der Waals surface area contributed by atoms with Crippen LogP contribution in [0.2, 0.25) is 0 Å². The molecule has 0 amide bonds. The number of rotatable bonds is 4. The number of ether oxygens (including phenoxy) is 2. The Labute approximate surface area is 111 Å². The lowest BCUT2D eigenvalue weighted by Gasteiger charge is -2.12. The van der Waals surface area contributed by atoms with E-state index in [1.54, 1.807) is 13.0 Å². The van der Waals surface area contributed by atoms with E-state index in [4.69, 9.17) is 9.47 Å². The number of hydrogen-bond donors (Lipinski definition) is 3. The van der Waals surface area contributed by atoms with Crippen LogP contribution in [0.5, 0.6) is 0 Å². The Bertz CT molecular complexity index is 456. The van der Waals surface area contributed by atoms with E-state index in [0.29, 0.717) is 24.3 Å². The Balaban J connectivity index is 2.26. The standard InChI is InChI=1S/C13H19NO5/c1-3-8-7(13(17)18-4-2)5-9(14-8)12-11(16)10(15)6-19-12/h5,10-12,14-16H,3-4,6H2,1-2H3/t10-,11-,12+/m1/s1. The number of aromatic amines is 1. The molecule has 19 heavy (non-hydrogen) atoms. The number of aliphatic hydroxyl groups excluding tert-OH is 2. The molecule has 0 unspecified atom stereocenters. The van der Waals surface area contributed by atoms with Crippen LogP contribution in [0.3, 0.4) is 0 Å². The molecule has 1 saturated heterocycles. The molecular formula is C13H19NO5. The zero-order valence-corrected chi connectivity index (χ0v) is 11.0. The summed E-state index contributed by atoms with van der Waals surface area (Å²) in [7, 11) is 0. The third-order valence-corrected chi connectivity index (χ3v) is 3.23. The average Bonchev–Trinajstić information content (AvgIpc) is 2.95. The van der Waals surface area contributed by atoms with Crippen LogP contribution in [0.4, 0.5) is 0 Å². The van der Waals surface area contributed by atoms with E-state index < -0.39 is 24.3 Å². The van der Waals surface area contributed by atoms with Crippen LogP contribution in [0.1, 0.15) is 41.7 Å². The second-order valence-corrected chi connectivity index (χ2v) is 4.50. The first-order valence-electron chi connectivity index (χ1n) is 6.45. The second-order valence-electron chi connectivity index (χ2n) is 4.50. The van der Waals surface area contributed by atoms with Crippen LogP contribution < -0.4 is 0 Å². The highest BCUT2D eigenvalue weighted by Gasteiger charge is 2.37. The van der Waals surface area contributed by atoms with E-state index >= 15 is 0 Å². The predicted octanol–water partition coefficient (Wildman–Crippen LogP) is 0.547. The zero-order valence-electron chi connectivity index (χ0n) is 11.0. The number of carbonyl (C=O) groups is 1. The maximum Gasteiger partial charge on any atom is 0.339 e. The summed E-state index contributed by atoms with van der Waals surface area (Å²) in [5.74, 6) is -0.394. The van der Waals surface area contributed by atoms with E-state index in [9.17, 15) is 15.0 Å². The van der Waals surface area contributed by atoms with Gasteiger partial charge in [-0.25, -0.2) is 4.79 Å². The first-order chi connectivity index (χ1) is 9.08. The molecule has 1 aromatic heterocycles. The molecule has 6 heteroatoms. The Morgan fingerprint density at radius 2 is 2.26 bits per heavy atom. The molecule has 1 aliphatic heterocycles. The summed E-state index contributed by atoms with van der Waals surface area (Å²) < 4.78 is 10.3. The smallest absolute Gasteiger partial charge is 0.339 e. The number of H-pyrrole nitrogens is 1. The van der Waals surface area contributed by atoms with Crippen molar-refractivity contribution in [3.63, 3.8) is 0 Å². The molecule has 3 atom stereocenters. The molecule has 0 aromatic carbocycles. The highest BCUT2D eigenvalue weighted by molar-refractivity contribution is 5.91. The van der Waals surface area contributed by atoms with Crippen LogP contribution in [-0.4, -0.2) is 46.6 Å². The minimum atomic E-state index is -0.988. The number of hydrogen-bond acceptors (Lipinski definition) is 5. The van der Waals surface area contributed by atoms with Gasteiger partial charge in [0.1, 0.15) is 18.3 Å². The van der Waals surface area contributed by atoms with Crippen molar-refractivity contribution in [2.24, 2.45) is 0 Å². The van der Waals surface area contributed by atoms with E-state index in [0.717, 1.165) is 5.69 Å². The summed E-state index contributed by atoms with van der Waals surface area (Å²) in [5, 5.41) is 19.3. The van der Waals surface area contributed by atoms with Gasteiger partial charge in [-0.05, 0) is 19.4 Å². The summed E-state index contributed by atoms with van der Waals surface area (Å²) in [4.78, 5) is 14.9. The lowest BCUT2D eigenvalue weighted by atomic mass is 10.1. The van der Waals surface area contributed by atoms with Gasteiger partial charge in [0.25, 0.3) is 0 Å². The molecule has 1 aromatic rings. The minimum absolute atomic E-state index is 0.0844. The molecule has 0 aliphatic carbocycles. The van der Waals surface area contributed by atoms with E-state index in [2.05, 4.69) is 4.98 Å². The van der Waals surface area contributed by atoms with E-state index in [1.807, 2.05) is 6.92 Å². The van der Waals surface area contributed by atoms with Crippen molar-refractivity contribution in [1.82, 2.24) is 4.98 Å². The molecule has 2 rings (SSSR count). The Kier molecular flexibility index (Phi) is 4.24. The van der Waals surface area contributed by atoms with Gasteiger partial charge in [-0.3, -0.25) is 0 Å². The summed E-state index contributed by atoms with van der Waals surface area (Å²) in [6.07, 6.45) is -1.88. The van der Waals surface area contributed by atoms with E-state index in [-0.39, 0.29) is 6.61 Å². The molecule has 0 radical (unpaired) electrons. The monoisotopic (exact) mass is 269 g/mol. The fourth-order valence-corrected chi connectivity index (χ4v) is 2.22. The van der Waals surface area contributed by atoms with Gasteiger partial charge in [0, 0.05) is 11.4 Å². The molecule has 0 saturated carbocycles. The molecule has 106 valence electrons. The van der Waals surface area contributed by atoms with Crippen LogP contribution in [0.25, 0.3) is 0 Å². The number of nitrogens with one attached hydrogen (secondary N) is 1. The highest BCUT2D eigenvalue weighted by atomic mass is 16.5. The van der Waals surface area contributed by atoms with Crippen molar-refractivity contribution >= 4 is 5.97 Å². The van der Waals surface area contributed by atoms with Crippen molar-refractivity contribution < 1.29 is 24.5 Å². The summed E-state index contributed by atoms with van der Waals surface area (Å²) >= 11 is 0. The second kappa shape index (κ2) is 5.73. The topological polar surface area (TPSA) is 91.8 Å². The van der Waals surface area contributed by atoms with Gasteiger partial charge in [-0.15, -0.1) is 0 Å². The zero-order chi connectivity index (χ0) is 14.0. The lowest BCUT2D eigenvalue weighted by Crippen LogP contribution is -2.25. The maximum absolute atomic E-state index is 11.8. The van der Waals surface area contributed by atoms with Gasteiger partial charge in [0.2, 0.25) is 0 Å². The normalized spacial score (nSPS) is 26.6. The Hall–Kier alpha value is -1.37.